The summed E-state index contributed by atoms with van der Waals surface area (Å²) in [5.74, 6) is -0.415. The molecule has 7 nitrogen and oxygen atoms in total. The second kappa shape index (κ2) is 13.3. The molecule has 0 radical (unpaired) electrons. The monoisotopic (exact) mass is 616 g/mol. The van der Waals surface area contributed by atoms with Crippen LogP contribution in [0.1, 0.15) is 17.5 Å². The lowest BCUT2D eigenvalue weighted by molar-refractivity contribution is -0.119. The molecule has 11 heteroatoms. The summed E-state index contributed by atoms with van der Waals surface area (Å²) in [6.07, 6.45) is 0.278. The third kappa shape index (κ3) is 6.73. The average molecular weight is 617 g/mol. The number of carbonyl (C=O) groups excluding carboxylic acids is 1. The van der Waals surface area contributed by atoms with Gasteiger partial charge in [-0.1, -0.05) is 35.5 Å². The molecule has 1 aromatic heterocycles. The molecule has 2 aliphatic heterocycles. The summed E-state index contributed by atoms with van der Waals surface area (Å²) in [5.41, 5.74) is 2.00. The highest BCUT2D eigenvalue weighted by molar-refractivity contribution is 8.04. The van der Waals surface area contributed by atoms with Crippen LogP contribution >= 0.6 is 34.7 Å². The number of hydrogen-bond donors (Lipinski definition) is 1. The van der Waals surface area contributed by atoms with Crippen molar-refractivity contribution in [2.24, 2.45) is 0 Å². The van der Waals surface area contributed by atoms with Crippen molar-refractivity contribution in [1.29, 1.82) is 0 Å². The number of amides is 1. The molecule has 1 amide bonds. The number of thioether (sulfide) groups is 1. The molecule has 1 N–H and O–H groups in total. The number of morpholine rings is 1. The molecule has 2 aliphatic rings. The van der Waals surface area contributed by atoms with Gasteiger partial charge in [-0.2, -0.15) is 11.3 Å². The van der Waals surface area contributed by atoms with Crippen molar-refractivity contribution in [3.8, 4) is 0 Å². The first-order chi connectivity index (χ1) is 19.9. The maximum Gasteiger partial charge on any atom is 0.276 e. The Hall–Kier alpha value is -3.02. The van der Waals surface area contributed by atoms with Gasteiger partial charge >= 0.3 is 0 Å². The first kappa shape index (κ1) is 29.5. The Labute approximate surface area is 251 Å². The standard InChI is InChI=1S/C30H30ClFN2O5S2/c1-20(38-15-14-36-2)39-26-18-30(22-9-16-40-19-22,21-3-6-24(7-4-21)34-10-12-37-13-11-34)33-29(35)28(26)41-27-8-5-23(32)17-25(27)31/h3-9,16-17,19H,1,10-15,18H2,2H3,(H,33,35). The van der Waals surface area contributed by atoms with Crippen molar-refractivity contribution >= 4 is 46.3 Å². The first-order valence-electron chi connectivity index (χ1n) is 13.0. The number of hydrogen-bond acceptors (Lipinski definition) is 8. The van der Waals surface area contributed by atoms with E-state index in [0.29, 0.717) is 30.5 Å². The number of anilines is 1. The Bertz CT molecular complexity index is 1410. The van der Waals surface area contributed by atoms with E-state index in [9.17, 15) is 9.18 Å². The second-order valence-corrected chi connectivity index (χ2v) is 11.7. The predicted molar refractivity (Wildman–Crippen MR) is 160 cm³/mol. The Morgan fingerprint density at radius 2 is 1.95 bits per heavy atom. The smallest absolute Gasteiger partial charge is 0.276 e. The van der Waals surface area contributed by atoms with Crippen LogP contribution in [0.25, 0.3) is 0 Å². The molecule has 3 heterocycles. The fourth-order valence-corrected chi connectivity index (χ4v) is 6.70. The number of rotatable bonds is 11. The van der Waals surface area contributed by atoms with Gasteiger partial charge in [0.1, 0.15) is 23.1 Å². The highest BCUT2D eigenvalue weighted by Gasteiger charge is 2.44. The third-order valence-electron chi connectivity index (χ3n) is 6.86. The van der Waals surface area contributed by atoms with Gasteiger partial charge in [0.05, 0.1) is 30.4 Å². The Morgan fingerprint density at radius 3 is 2.63 bits per heavy atom. The first-order valence-corrected chi connectivity index (χ1v) is 15.2. The fourth-order valence-electron chi connectivity index (χ4n) is 4.80. The molecular formula is C30H30ClFN2O5S2. The molecule has 5 rings (SSSR count). The molecule has 41 heavy (non-hydrogen) atoms. The summed E-state index contributed by atoms with van der Waals surface area (Å²) in [5, 5.41) is 7.46. The second-order valence-electron chi connectivity index (χ2n) is 9.44. The summed E-state index contributed by atoms with van der Waals surface area (Å²) in [6, 6.07) is 14.3. The minimum Gasteiger partial charge on any atom is -0.463 e. The maximum absolute atomic E-state index is 13.9. The molecule has 3 aromatic rings. The number of thiophene rings is 1. The molecule has 1 fully saturated rings. The largest absolute Gasteiger partial charge is 0.463 e. The molecule has 1 atom stereocenters. The fraction of sp³-hybridized carbons (Fsp3) is 0.300. The summed E-state index contributed by atoms with van der Waals surface area (Å²) >= 11 is 8.98. The zero-order chi connectivity index (χ0) is 28.8. The Morgan fingerprint density at radius 1 is 1.17 bits per heavy atom. The van der Waals surface area contributed by atoms with Crippen molar-refractivity contribution in [3.05, 3.63) is 104 Å². The quantitative estimate of drug-likeness (QED) is 0.200. The topological polar surface area (TPSA) is 69.3 Å². The number of halogens is 2. The van der Waals surface area contributed by atoms with Gasteiger partial charge in [0.2, 0.25) is 0 Å². The van der Waals surface area contributed by atoms with E-state index in [1.165, 1.54) is 18.2 Å². The van der Waals surface area contributed by atoms with Crippen LogP contribution in [0, 0.1) is 5.82 Å². The zero-order valence-corrected chi connectivity index (χ0v) is 24.9. The van der Waals surface area contributed by atoms with Crippen LogP contribution in [0.3, 0.4) is 0 Å². The Balaban J connectivity index is 1.53. The number of ether oxygens (including phenoxy) is 4. The molecule has 0 bridgehead atoms. The summed E-state index contributed by atoms with van der Waals surface area (Å²) in [7, 11) is 1.57. The van der Waals surface area contributed by atoms with E-state index >= 15 is 0 Å². The van der Waals surface area contributed by atoms with Crippen molar-refractivity contribution in [3.63, 3.8) is 0 Å². The van der Waals surface area contributed by atoms with Crippen LogP contribution < -0.4 is 10.2 Å². The molecule has 216 valence electrons. The minimum atomic E-state index is -0.917. The van der Waals surface area contributed by atoms with E-state index in [1.807, 2.05) is 29.0 Å². The predicted octanol–water partition coefficient (Wildman–Crippen LogP) is 6.30. The van der Waals surface area contributed by atoms with Crippen molar-refractivity contribution in [2.45, 2.75) is 16.9 Å². The lowest BCUT2D eigenvalue weighted by atomic mass is 9.79. The van der Waals surface area contributed by atoms with Gasteiger partial charge in [-0.3, -0.25) is 4.79 Å². The molecule has 0 saturated carbocycles. The average Bonchev–Trinajstić information content (AvgIpc) is 3.52. The highest BCUT2D eigenvalue weighted by atomic mass is 35.5. The summed E-state index contributed by atoms with van der Waals surface area (Å²) < 4.78 is 36.0. The summed E-state index contributed by atoms with van der Waals surface area (Å²) in [4.78, 5) is 17.0. The van der Waals surface area contributed by atoms with Crippen LogP contribution in [-0.4, -0.2) is 52.5 Å². The SMILES string of the molecule is C=C(OCCOC)OC1=C(Sc2ccc(F)cc2Cl)C(=O)NC(c2ccc(N3CCOCC3)cc2)(c2ccsc2)C1. The van der Waals surface area contributed by atoms with Gasteiger partial charge in [-0.25, -0.2) is 4.39 Å². The van der Waals surface area contributed by atoms with Gasteiger partial charge < -0.3 is 29.2 Å². The number of nitrogens with zero attached hydrogens (tertiary/aromatic N) is 1. The zero-order valence-electron chi connectivity index (χ0n) is 22.5. The van der Waals surface area contributed by atoms with Crippen molar-refractivity contribution < 1.29 is 28.1 Å². The molecular weight excluding hydrogens is 587 g/mol. The van der Waals surface area contributed by atoms with E-state index in [2.05, 4.69) is 28.9 Å². The minimum absolute atomic E-state index is 0.0388. The highest BCUT2D eigenvalue weighted by Crippen LogP contribution is 2.46. The number of nitrogens with one attached hydrogen (secondary N) is 1. The summed E-state index contributed by atoms with van der Waals surface area (Å²) in [6.45, 7) is 7.51. The number of benzene rings is 2. The van der Waals surface area contributed by atoms with Gasteiger partial charge in [-0.05, 0) is 64.9 Å². The lowest BCUT2D eigenvalue weighted by Crippen LogP contribution is -2.50. The lowest BCUT2D eigenvalue weighted by Gasteiger charge is -2.40. The molecule has 0 aliphatic carbocycles. The van der Waals surface area contributed by atoms with Gasteiger partial charge in [0.15, 0.2) is 0 Å². The molecule has 1 unspecified atom stereocenters. The van der Waals surface area contributed by atoms with E-state index in [0.717, 1.165) is 41.7 Å². The van der Waals surface area contributed by atoms with Crippen LogP contribution in [0.2, 0.25) is 5.02 Å². The van der Waals surface area contributed by atoms with E-state index in [-0.39, 0.29) is 34.8 Å². The molecule has 1 saturated heterocycles. The molecule has 0 spiro atoms. The van der Waals surface area contributed by atoms with E-state index in [4.69, 9.17) is 30.5 Å². The number of carbonyl (C=O) groups is 1. The molecule has 2 aromatic carbocycles. The maximum atomic E-state index is 13.9. The normalized spacial score (nSPS) is 19.2. The number of methoxy groups -OCH3 is 1. The van der Waals surface area contributed by atoms with Crippen LogP contribution in [-0.2, 0) is 29.3 Å². The van der Waals surface area contributed by atoms with Gasteiger partial charge in [-0.15, -0.1) is 0 Å². The van der Waals surface area contributed by atoms with Crippen LogP contribution in [0.5, 0.6) is 0 Å². The third-order valence-corrected chi connectivity index (χ3v) is 9.16. The van der Waals surface area contributed by atoms with Crippen molar-refractivity contribution in [1.82, 2.24) is 5.32 Å². The van der Waals surface area contributed by atoms with Crippen molar-refractivity contribution in [2.75, 3.05) is 51.5 Å². The van der Waals surface area contributed by atoms with Gasteiger partial charge in [0, 0.05) is 37.2 Å². The Kier molecular flexibility index (Phi) is 9.57. The van der Waals surface area contributed by atoms with Gasteiger partial charge in [0.25, 0.3) is 11.9 Å². The van der Waals surface area contributed by atoms with Crippen LogP contribution in [0.15, 0.2) is 87.4 Å². The van der Waals surface area contributed by atoms with E-state index < -0.39 is 11.4 Å². The van der Waals surface area contributed by atoms with Crippen LogP contribution in [0.4, 0.5) is 10.1 Å². The van der Waals surface area contributed by atoms with E-state index in [1.54, 1.807) is 18.4 Å².